The lowest BCUT2D eigenvalue weighted by molar-refractivity contribution is -0.137. The summed E-state index contributed by atoms with van der Waals surface area (Å²) in [5.74, 6) is -0.235. The Hall–Kier alpha value is 0.867. The van der Waals surface area contributed by atoms with Crippen LogP contribution in [0.3, 0.4) is 0 Å². The van der Waals surface area contributed by atoms with Gasteiger partial charge in [0.2, 0.25) is 0 Å². The third-order valence-electron chi connectivity index (χ3n) is 2.15. The summed E-state index contributed by atoms with van der Waals surface area (Å²) in [4.78, 5) is 11.0. The van der Waals surface area contributed by atoms with E-state index in [4.69, 9.17) is 4.74 Å². The molecular weight excluding hydrogens is 432 g/mol. The second-order valence-corrected chi connectivity index (χ2v) is 27.3. The van der Waals surface area contributed by atoms with Crippen molar-refractivity contribution in [2.24, 2.45) is 0 Å². The van der Waals surface area contributed by atoms with E-state index >= 15 is 0 Å². The molecule has 0 aromatic heterocycles. The Kier molecular flexibility index (Phi) is 11.3. The molecule has 0 rings (SSSR count). The summed E-state index contributed by atoms with van der Waals surface area (Å²) >= 11 is 10.8. The van der Waals surface area contributed by atoms with Crippen LogP contribution in [-0.4, -0.2) is 16.5 Å². The van der Waals surface area contributed by atoms with Gasteiger partial charge in [-0.2, -0.15) is 0 Å². The van der Waals surface area contributed by atoms with Gasteiger partial charge in [-0.1, -0.05) is 77.6 Å². The summed E-state index contributed by atoms with van der Waals surface area (Å²) in [7, 11) is 0. The van der Waals surface area contributed by atoms with Crippen LogP contribution in [0, 0.1) is 0 Å². The lowest BCUT2D eigenvalue weighted by atomic mass is 10.2. The van der Waals surface area contributed by atoms with E-state index in [2.05, 4.69) is 45.9 Å². The maximum Gasteiger partial charge on any atom is 0.330 e. The minimum atomic E-state index is -1.40. The smallest absolute Gasteiger partial charge is 0.330 e. The number of ether oxygens (including phenoxy) is 1. The van der Waals surface area contributed by atoms with Crippen LogP contribution in [0.15, 0.2) is 12.2 Å². The highest BCUT2D eigenvalue weighted by molar-refractivity contribution is 9.72. The van der Waals surface area contributed by atoms with E-state index in [9.17, 15) is 4.79 Å². The van der Waals surface area contributed by atoms with E-state index in [1.165, 1.54) is 31.4 Å². The summed E-state index contributed by atoms with van der Waals surface area (Å²) in [5.41, 5.74) is 0. The molecule has 0 heterocycles. The third-order valence-corrected chi connectivity index (χ3v) is 6.64. The zero-order valence-corrected chi connectivity index (χ0v) is 15.8. The van der Waals surface area contributed by atoms with Crippen LogP contribution in [-0.2, 0) is 9.53 Å². The molecule has 0 aromatic rings. The first-order valence-corrected chi connectivity index (χ1v) is 14.8. The molecule has 0 aliphatic heterocycles. The molecule has 100 valence electrons. The molecule has 0 N–H and O–H groups in total. The summed E-state index contributed by atoms with van der Waals surface area (Å²) in [6, 6.07) is 1.18. The topological polar surface area (TPSA) is 26.3 Å². The molecule has 0 atom stereocenters. The van der Waals surface area contributed by atoms with Gasteiger partial charge in [0.15, 0.2) is 0 Å². The molecule has 0 bridgehead atoms. The monoisotopic (exact) mass is 448 g/mol. The Morgan fingerprint density at radius 1 is 1.12 bits per heavy atom. The highest BCUT2D eigenvalue weighted by Crippen LogP contribution is 2.33. The van der Waals surface area contributed by atoms with Crippen molar-refractivity contribution in [3.63, 3.8) is 0 Å². The quantitative estimate of drug-likeness (QED) is 0.159. The molecule has 0 amide bonds. The fourth-order valence-electron chi connectivity index (χ4n) is 1.31. The van der Waals surface area contributed by atoms with Gasteiger partial charge >= 0.3 is 5.97 Å². The van der Waals surface area contributed by atoms with Crippen LogP contribution >= 0.6 is 45.9 Å². The van der Waals surface area contributed by atoms with Crippen molar-refractivity contribution in [1.82, 2.24) is 0 Å². The van der Waals surface area contributed by atoms with Gasteiger partial charge in [-0.05, 0) is 19.4 Å². The van der Waals surface area contributed by atoms with E-state index in [1.807, 2.05) is 6.92 Å². The van der Waals surface area contributed by atoms with Crippen LogP contribution < -0.4 is 0 Å². The molecule has 0 spiro atoms. The van der Waals surface area contributed by atoms with Crippen molar-refractivity contribution >= 4 is 55.8 Å². The summed E-state index contributed by atoms with van der Waals surface area (Å²) < 4.78 is 3.61. The van der Waals surface area contributed by atoms with Gasteiger partial charge in [0.1, 0.15) is 0 Å². The van der Waals surface area contributed by atoms with E-state index in [0.29, 0.717) is 6.61 Å². The fourth-order valence-corrected chi connectivity index (χ4v) is 4.49. The Morgan fingerprint density at radius 3 is 2.29 bits per heavy atom. The zero-order chi connectivity index (χ0) is 13.1. The highest BCUT2D eigenvalue weighted by Gasteiger charge is 2.20. The first kappa shape index (κ1) is 17.9. The highest BCUT2D eigenvalue weighted by atomic mass is 80.0. The number of allylic oxidation sites excluding steroid dienone is 1. The average Bonchev–Trinajstić information content (AvgIpc) is 2.21. The predicted molar refractivity (Wildman–Crippen MR) is 86.2 cm³/mol. The Bertz CT molecular complexity index is 239. The number of carbonyl (C=O) groups excluding carboxylic acids is 1. The van der Waals surface area contributed by atoms with Crippen LogP contribution in [0.2, 0.25) is 6.04 Å². The predicted octanol–water partition coefficient (Wildman–Crippen LogP) is 5.18. The van der Waals surface area contributed by atoms with Gasteiger partial charge in [0.05, 0.1) is 6.61 Å². The lowest BCUT2D eigenvalue weighted by Gasteiger charge is -2.08. The number of esters is 1. The minimum absolute atomic E-state index is 0.235. The Labute approximate surface area is 128 Å². The summed E-state index contributed by atoms with van der Waals surface area (Å²) in [6.07, 6.45) is 8.91. The Morgan fingerprint density at radius 2 is 1.71 bits per heavy atom. The van der Waals surface area contributed by atoms with E-state index in [-0.39, 0.29) is 5.97 Å². The number of unbranched alkanes of at least 4 members (excludes halogenated alkanes) is 4. The van der Waals surface area contributed by atoms with Gasteiger partial charge in [-0.25, -0.2) is 4.79 Å². The van der Waals surface area contributed by atoms with Crippen molar-refractivity contribution in [1.29, 1.82) is 0 Å². The SMILES string of the molecule is CC=CC(=O)OCCCCCCC[Si](Br)(Br)Br. The van der Waals surface area contributed by atoms with Crippen LogP contribution in [0.1, 0.15) is 39.0 Å². The number of rotatable bonds is 9. The van der Waals surface area contributed by atoms with Gasteiger partial charge < -0.3 is 4.74 Å². The zero-order valence-electron chi connectivity index (χ0n) is 10.1. The summed E-state index contributed by atoms with van der Waals surface area (Å²) in [6.45, 7) is 2.35. The maximum atomic E-state index is 11.0. The van der Waals surface area contributed by atoms with Gasteiger partial charge in [0, 0.05) is 6.08 Å². The molecule has 6 heteroatoms. The largest absolute Gasteiger partial charge is 0.463 e. The Balaban J connectivity index is 3.22. The van der Waals surface area contributed by atoms with Crippen molar-refractivity contribution in [2.45, 2.75) is 45.1 Å². The first-order valence-electron chi connectivity index (χ1n) is 5.82. The molecule has 0 saturated carbocycles. The first-order chi connectivity index (χ1) is 7.95. The molecular formula is C11H19Br3O2Si. The minimum Gasteiger partial charge on any atom is -0.463 e. The third kappa shape index (κ3) is 14.8. The van der Waals surface area contributed by atoms with Crippen LogP contribution in [0.25, 0.3) is 0 Å². The van der Waals surface area contributed by atoms with Crippen LogP contribution in [0.5, 0.6) is 0 Å². The normalized spacial score (nSPS) is 12.0. The van der Waals surface area contributed by atoms with Gasteiger partial charge in [-0.15, -0.1) is 0 Å². The van der Waals surface area contributed by atoms with E-state index in [0.717, 1.165) is 12.8 Å². The average molecular weight is 451 g/mol. The number of halogens is 3. The van der Waals surface area contributed by atoms with Crippen molar-refractivity contribution < 1.29 is 9.53 Å². The molecule has 0 saturated heterocycles. The van der Waals surface area contributed by atoms with Crippen molar-refractivity contribution in [3.05, 3.63) is 12.2 Å². The molecule has 0 aliphatic rings. The van der Waals surface area contributed by atoms with Crippen molar-refractivity contribution in [3.8, 4) is 0 Å². The van der Waals surface area contributed by atoms with E-state index in [1.54, 1.807) is 6.08 Å². The number of carbonyl (C=O) groups is 1. The molecule has 0 unspecified atom stereocenters. The second kappa shape index (κ2) is 10.8. The molecule has 0 aliphatic carbocycles. The maximum absolute atomic E-state index is 11.0. The van der Waals surface area contributed by atoms with Crippen LogP contribution in [0.4, 0.5) is 0 Å². The molecule has 0 fully saturated rings. The van der Waals surface area contributed by atoms with Crippen molar-refractivity contribution in [2.75, 3.05) is 6.61 Å². The van der Waals surface area contributed by atoms with E-state index < -0.39 is 3.93 Å². The van der Waals surface area contributed by atoms with Gasteiger partial charge in [-0.3, -0.25) is 0 Å². The molecule has 0 radical (unpaired) electrons. The fraction of sp³-hybridized carbons (Fsp3) is 0.727. The van der Waals surface area contributed by atoms with Gasteiger partial charge in [0.25, 0.3) is 3.93 Å². The number of hydrogen-bond acceptors (Lipinski definition) is 2. The standard InChI is InChI=1S/C11H19Br3O2Si/c1-2-8-11(15)16-9-6-4-3-5-7-10-17(12,13)14/h2,8H,3-7,9-10H2,1H3. The lowest BCUT2D eigenvalue weighted by Crippen LogP contribution is -2.05. The molecule has 2 nitrogen and oxygen atoms in total. The summed E-state index contributed by atoms with van der Waals surface area (Å²) in [5, 5.41) is 0. The molecule has 0 aromatic carbocycles. The second-order valence-electron chi connectivity index (χ2n) is 3.80. The number of hydrogen-bond donors (Lipinski definition) is 0. The molecule has 17 heavy (non-hydrogen) atoms.